The highest BCUT2D eigenvalue weighted by molar-refractivity contribution is 9.09. The molecule has 0 radical (unpaired) electrons. The molecule has 0 aromatic rings. The van der Waals surface area contributed by atoms with E-state index < -0.39 is 21.7 Å². The standard InChI is InChI=1S/C6H12BrNO4S/c1-12-6(9)5-13(10,11)8-4-2-3-7/h8H,2-5H2,1H3. The van der Waals surface area contributed by atoms with Gasteiger partial charge in [-0.2, -0.15) is 0 Å². The monoisotopic (exact) mass is 273 g/mol. The van der Waals surface area contributed by atoms with Gasteiger partial charge in [0, 0.05) is 11.9 Å². The Morgan fingerprint density at radius 2 is 2.15 bits per heavy atom. The van der Waals surface area contributed by atoms with Crippen LogP contribution in [-0.4, -0.2) is 39.1 Å². The molecule has 0 aliphatic carbocycles. The average molecular weight is 274 g/mol. The minimum absolute atomic E-state index is 0.324. The van der Waals surface area contributed by atoms with Gasteiger partial charge < -0.3 is 4.74 Å². The zero-order valence-corrected chi connectivity index (χ0v) is 9.65. The molecule has 0 rings (SSSR count). The summed E-state index contributed by atoms with van der Waals surface area (Å²) in [4.78, 5) is 10.6. The zero-order chi connectivity index (χ0) is 10.3. The van der Waals surface area contributed by atoms with Crippen LogP contribution in [0.5, 0.6) is 0 Å². The molecule has 0 atom stereocenters. The van der Waals surface area contributed by atoms with Gasteiger partial charge in [0.25, 0.3) is 0 Å². The van der Waals surface area contributed by atoms with Crippen molar-refractivity contribution in [3.63, 3.8) is 0 Å². The van der Waals surface area contributed by atoms with Gasteiger partial charge in [-0.05, 0) is 6.42 Å². The second-order valence-electron chi connectivity index (χ2n) is 2.27. The smallest absolute Gasteiger partial charge is 0.322 e. The molecule has 5 nitrogen and oxygen atoms in total. The van der Waals surface area contributed by atoms with Gasteiger partial charge in [0.1, 0.15) is 0 Å². The van der Waals surface area contributed by atoms with E-state index >= 15 is 0 Å². The Morgan fingerprint density at radius 1 is 1.54 bits per heavy atom. The minimum Gasteiger partial charge on any atom is -0.468 e. The first-order valence-corrected chi connectivity index (χ1v) is 6.39. The Balaban J connectivity index is 3.88. The fourth-order valence-corrected chi connectivity index (χ4v) is 1.83. The van der Waals surface area contributed by atoms with Crippen molar-refractivity contribution in [3.8, 4) is 0 Å². The number of halogens is 1. The summed E-state index contributed by atoms with van der Waals surface area (Å²) in [5.41, 5.74) is 0. The molecule has 0 spiro atoms. The van der Waals surface area contributed by atoms with Crippen molar-refractivity contribution >= 4 is 31.9 Å². The molecular weight excluding hydrogens is 262 g/mol. The van der Waals surface area contributed by atoms with Crippen LogP contribution in [0.3, 0.4) is 0 Å². The topological polar surface area (TPSA) is 72.5 Å². The number of ether oxygens (including phenoxy) is 1. The first kappa shape index (κ1) is 12.9. The molecule has 0 amide bonds. The average Bonchev–Trinajstić information content (AvgIpc) is 2.03. The number of rotatable bonds is 6. The molecular formula is C6H12BrNO4S. The van der Waals surface area contributed by atoms with Gasteiger partial charge in [-0.15, -0.1) is 0 Å². The highest BCUT2D eigenvalue weighted by atomic mass is 79.9. The van der Waals surface area contributed by atoms with Crippen LogP contribution in [0.4, 0.5) is 0 Å². The molecule has 78 valence electrons. The number of nitrogens with one attached hydrogen (secondary N) is 1. The summed E-state index contributed by atoms with van der Waals surface area (Å²) < 4.78 is 28.6. The Hall–Kier alpha value is -0.140. The van der Waals surface area contributed by atoms with E-state index in [0.29, 0.717) is 18.3 Å². The predicted octanol–water partition coefficient (Wildman–Crippen LogP) is -0.136. The maximum absolute atomic E-state index is 11.0. The lowest BCUT2D eigenvalue weighted by molar-refractivity contribution is -0.137. The van der Waals surface area contributed by atoms with Crippen LogP contribution in [0.1, 0.15) is 6.42 Å². The fraction of sp³-hybridized carbons (Fsp3) is 0.833. The number of sulfonamides is 1. The van der Waals surface area contributed by atoms with E-state index in [1.165, 1.54) is 0 Å². The van der Waals surface area contributed by atoms with Gasteiger partial charge in [-0.25, -0.2) is 13.1 Å². The van der Waals surface area contributed by atoms with Crippen molar-refractivity contribution in [1.29, 1.82) is 0 Å². The predicted molar refractivity (Wildman–Crippen MR) is 52.2 cm³/mol. The lowest BCUT2D eigenvalue weighted by Gasteiger charge is -2.03. The van der Waals surface area contributed by atoms with E-state index in [1.807, 2.05) is 0 Å². The third-order valence-corrected chi connectivity index (χ3v) is 2.99. The lowest BCUT2D eigenvalue weighted by Crippen LogP contribution is -2.31. The molecule has 0 saturated heterocycles. The van der Waals surface area contributed by atoms with Crippen LogP contribution >= 0.6 is 15.9 Å². The second-order valence-corrected chi connectivity index (χ2v) is 4.87. The molecule has 0 fully saturated rings. The van der Waals surface area contributed by atoms with Gasteiger partial charge in [-0.3, -0.25) is 4.79 Å². The normalized spacial score (nSPS) is 11.2. The van der Waals surface area contributed by atoms with Gasteiger partial charge in [0.05, 0.1) is 7.11 Å². The van der Waals surface area contributed by atoms with Gasteiger partial charge in [0.15, 0.2) is 5.75 Å². The molecule has 0 unspecified atom stereocenters. The van der Waals surface area contributed by atoms with Crippen LogP contribution in [0.2, 0.25) is 0 Å². The molecule has 7 heteroatoms. The van der Waals surface area contributed by atoms with E-state index in [4.69, 9.17) is 0 Å². The van der Waals surface area contributed by atoms with E-state index in [0.717, 1.165) is 7.11 Å². The van der Waals surface area contributed by atoms with Crippen molar-refractivity contribution in [3.05, 3.63) is 0 Å². The van der Waals surface area contributed by atoms with Crippen LogP contribution in [0.25, 0.3) is 0 Å². The SMILES string of the molecule is COC(=O)CS(=O)(=O)NCCCBr. The minimum atomic E-state index is -3.51. The van der Waals surface area contributed by atoms with Gasteiger partial charge in [-0.1, -0.05) is 15.9 Å². The molecule has 1 N–H and O–H groups in total. The summed E-state index contributed by atoms with van der Waals surface area (Å²) in [6, 6.07) is 0. The van der Waals surface area contributed by atoms with Crippen molar-refractivity contribution < 1.29 is 17.9 Å². The molecule has 13 heavy (non-hydrogen) atoms. The number of carbonyl (C=O) groups excluding carboxylic acids is 1. The summed E-state index contributed by atoms with van der Waals surface area (Å²) in [6.07, 6.45) is 0.681. The molecule has 0 aliphatic rings. The maximum atomic E-state index is 11.0. The number of hydrogen-bond acceptors (Lipinski definition) is 4. The quantitative estimate of drug-likeness (QED) is 0.416. The van der Waals surface area contributed by atoms with E-state index in [9.17, 15) is 13.2 Å². The molecule has 0 heterocycles. The number of carbonyl (C=O) groups is 1. The van der Waals surface area contributed by atoms with Crippen molar-refractivity contribution in [2.45, 2.75) is 6.42 Å². The Morgan fingerprint density at radius 3 is 2.62 bits per heavy atom. The summed E-state index contributed by atoms with van der Waals surface area (Å²) in [7, 11) is -2.36. The highest BCUT2D eigenvalue weighted by Gasteiger charge is 2.15. The van der Waals surface area contributed by atoms with Crippen molar-refractivity contribution in [1.82, 2.24) is 4.72 Å². The van der Waals surface area contributed by atoms with Crippen LogP contribution < -0.4 is 4.72 Å². The van der Waals surface area contributed by atoms with Gasteiger partial charge in [0.2, 0.25) is 10.0 Å². The van der Waals surface area contributed by atoms with Crippen LogP contribution in [0, 0.1) is 0 Å². The third-order valence-electron chi connectivity index (χ3n) is 1.17. The lowest BCUT2D eigenvalue weighted by atomic mass is 10.5. The van der Waals surface area contributed by atoms with Gasteiger partial charge >= 0.3 is 5.97 Å². The number of esters is 1. The fourth-order valence-electron chi connectivity index (χ4n) is 0.560. The summed E-state index contributed by atoms with van der Waals surface area (Å²) in [6.45, 7) is 0.324. The molecule has 0 aromatic heterocycles. The largest absolute Gasteiger partial charge is 0.468 e. The summed E-state index contributed by atoms with van der Waals surface area (Å²) in [5, 5.41) is 0.716. The second kappa shape index (κ2) is 6.33. The van der Waals surface area contributed by atoms with E-state index in [2.05, 4.69) is 25.4 Å². The molecule has 0 aromatic carbocycles. The van der Waals surface area contributed by atoms with E-state index in [-0.39, 0.29) is 0 Å². The number of methoxy groups -OCH3 is 1. The molecule has 0 saturated carbocycles. The number of alkyl halides is 1. The Kier molecular flexibility index (Phi) is 6.27. The van der Waals surface area contributed by atoms with Crippen molar-refractivity contribution in [2.75, 3.05) is 24.7 Å². The zero-order valence-electron chi connectivity index (χ0n) is 7.25. The number of hydrogen-bond donors (Lipinski definition) is 1. The summed E-state index contributed by atoms with van der Waals surface area (Å²) >= 11 is 3.16. The first-order valence-electron chi connectivity index (χ1n) is 3.62. The van der Waals surface area contributed by atoms with Crippen LogP contribution in [0.15, 0.2) is 0 Å². The first-order chi connectivity index (χ1) is 6.02. The van der Waals surface area contributed by atoms with Crippen molar-refractivity contribution in [2.24, 2.45) is 0 Å². The van der Waals surface area contributed by atoms with Crippen LogP contribution in [-0.2, 0) is 19.6 Å². The van der Waals surface area contributed by atoms with E-state index in [1.54, 1.807) is 0 Å². The summed E-state index contributed by atoms with van der Waals surface area (Å²) in [5.74, 6) is -1.38. The molecule has 0 aliphatic heterocycles. The third kappa shape index (κ3) is 6.97. The maximum Gasteiger partial charge on any atom is 0.322 e. The molecule has 0 bridgehead atoms. The Bertz CT molecular complexity index is 251. The Labute approximate surface area is 86.0 Å². The highest BCUT2D eigenvalue weighted by Crippen LogP contribution is 1.89.